The lowest BCUT2D eigenvalue weighted by molar-refractivity contribution is 0.396. The van der Waals surface area contributed by atoms with E-state index in [9.17, 15) is 5.11 Å². The van der Waals surface area contributed by atoms with Crippen LogP contribution in [0.4, 0.5) is 0 Å². The zero-order valence-electron chi connectivity index (χ0n) is 12.7. The van der Waals surface area contributed by atoms with E-state index < -0.39 is 0 Å². The van der Waals surface area contributed by atoms with Crippen LogP contribution in [0.3, 0.4) is 0 Å². The van der Waals surface area contributed by atoms with Gasteiger partial charge >= 0.3 is 0 Å². The average molecular weight is 338 g/mol. The van der Waals surface area contributed by atoms with Crippen molar-refractivity contribution in [1.82, 2.24) is 9.97 Å². The highest BCUT2D eigenvalue weighted by Gasteiger charge is 2.15. The fraction of sp³-hybridized carbons (Fsp3) is 0.0556. The lowest BCUT2D eigenvalue weighted by atomic mass is 10.1. The highest BCUT2D eigenvalue weighted by Crippen LogP contribution is 2.37. The predicted octanol–water partition coefficient (Wildman–Crippen LogP) is 4.48. The number of aryl methyl sites for hydroxylation is 1. The summed E-state index contributed by atoms with van der Waals surface area (Å²) < 4.78 is 5.58. The maximum atomic E-state index is 10.4. The number of benzene rings is 2. The van der Waals surface area contributed by atoms with E-state index in [1.165, 1.54) is 12.4 Å². The molecule has 0 spiro atoms. The minimum Gasteiger partial charge on any atom is -0.502 e. The van der Waals surface area contributed by atoms with Gasteiger partial charge in [-0.05, 0) is 25.1 Å². The quantitative estimate of drug-likeness (QED) is 0.762. The molecule has 0 saturated carbocycles. The molecule has 0 aliphatic heterocycles. The predicted molar refractivity (Wildman–Crippen MR) is 90.1 cm³/mol. The number of aromatic nitrogens is 2. The normalized spacial score (nSPS) is 10.2. The van der Waals surface area contributed by atoms with E-state index >= 15 is 0 Å². The number of halogens is 1. The molecule has 0 unspecified atom stereocenters. The van der Waals surface area contributed by atoms with Crippen molar-refractivity contribution < 1.29 is 9.84 Å². The van der Waals surface area contributed by atoms with Gasteiger partial charge in [0.05, 0.1) is 16.7 Å². The van der Waals surface area contributed by atoms with Gasteiger partial charge < -0.3 is 9.84 Å². The summed E-state index contributed by atoms with van der Waals surface area (Å²) in [6, 6.07) is 14.2. The van der Waals surface area contributed by atoms with E-state index in [4.69, 9.17) is 21.6 Å². The van der Waals surface area contributed by atoms with E-state index in [-0.39, 0.29) is 16.7 Å². The Bertz CT molecular complexity index is 934. The van der Waals surface area contributed by atoms with Crippen molar-refractivity contribution >= 4 is 11.6 Å². The molecule has 0 aliphatic carbocycles. The van der Waals surface area contributed by atoms with Crippen molar-refractivity contribution in [1.29, 1.82) is 5.26 Å². The van der Waals surface area contributed by atoms with Crippen LogP contribution in [0.25, 0.3) is 11.3 Å². The molecule has 5 nitrogen and oxygen atoms in total. The molecule has 0 radical (unpaired) electrons. The van der Waals surface area contributed by atoms with Crippen molar-refractivity contribution in [3.63, 3.8) is 0 Å². The molecule has 0 fully saturated rings. The molecule has 0 amide bonds. The lowest BCUT2D eigenvalue weighted by Crippen LogP contribution is -1.94. The summed E-state index contributed by atoms with van der Waals surface area (Å²) in [4.78, 5) is 8.07. The first kappa shape index (κ1) is 15.8. The van der Waals surface area contributed by atoms with Gasteiger partial charge in [0.15, 0.2) is 0 Å². The van der Waals surface area contributed by atoms with Crippen LogP contribution in [0.5, 0.6) is 17.4 Å². The topological polar surface area (TPSA) is 79.0 Å². The Morgan fingerprint density at radius 3 is 2.54 bits per heavy atom. The molecule has 6 heteroatoms. The first-order valence-electron chi connectivity index (χ1n) is 7.07. The van der Waals surface area contributed by atoms with Crippen LogP contribution in [0.15, 0.2) is 48.8 Å². The number of rotatable bonds is 3. The van der Waals surface area contributed by atoms with Crippen LogP contribution in [0.2, 0.25) is 5.02 Å². The van der Waals surface area contributed by atoms with Gasteiger partial charge in [-0.15, -0.1) is 0 Å². The van der Waals surface area contributed by atoms with E-state index in [0.29, 0.717) is 17.0 Å². The number of hydrogen-bond donors (Lipinski definition) is 1. The largest absolute Gasteiger partial charge is 0.502 e. The summed E-state index contributed by atoms with van der Waals surface area (Å²) in [6.45, 7) is 1.98. The van der Waals surface area contributed by atoms with Gasteiger partial charge in [-0.3, -0.25) is 0 Å². The first-order chi connectivity index (χ1) is 11.6. The average Bonchev–Trinajstić information content (AvgIpc) is 2.59. The Morgan fingerprint density at radius 2 is 1.88 bits per heavy atom. The number of nitriles is 1. The molecule has 118 valence electrons. The number of aromatic hydroxyl groups is 1. The highest BCUT2D eigenvalue weighted by atomic mass is 35.5. The fourth-order valence-corrected chi connectivity index (χ4v) is 2.34. The van der Waals surface area contributed by atoms with Gasteiger partial charge in [0, 0.05) is 5.56 Å². The second-order valence-corrected chi connectivity index (χ2v) is 5.51. The smallest absolute Gasteiger partial charge is 0.266 e. The Morgan fingerprint density at radius 1 is 1.12 bits per heavy atom. The molecule has 1 aromatic heterocycles. The molecule has 24 heavy (non-hydrogen) atoms. The maximum absolute atomic E-state index is 10.4. The molecule has 0 atom stereocenters. The molecule has 1 heterocycles. The van der Waals surface area contributed by atoms with E-state index in [1.54, 1.807) is 12.1 Å². The number of ether oxygens (including phenoxy) is 1. The van der Waals surface area contributed by atoms with Crippen molar-refractivity contribution in [2.45, 2.75) is 6.92 Å². The summed E-state index contributed by atoms with van der Waals surface area (Å²) in [5.74, 6) is 0.105. The second kappa shape index (κ2) is 6.57. The van der Waals surface area contributed by atoms with Crippen LogP contribution in [-0.2, 0) is 0 Å². The van der Waals surface area contributed by atoms with E-state index in [2.05, 4.69) is 9.97 Å². The standard InChI is InChI=1S/C18H12ClN3O2/c1-11-2-5-13(6-3-11)16-17(23)18(22-10-21-16)24-15-7-4-12(9-20)8-14(15)19/h2-8,10,23H,1H3. The van der Waals surface area contributed by atoms with Gasteiger partial charge in [-0.2, -0.15) is 10.2 Å². The Kier molecular flexibility index (Phi) is 4.32. The van der Waals surface area contributed by atoms with Crippen LogP contribution in [0, 0.1) is 18.3 Å². The van der Waals surface area contributed by atoms with Crippen molar-refractivity contribution in [3.8, 4) is 34.7 Å². The van der Waals surface area contributed by atoms with Gasteiger partial charge in [0.25, 0.3) is 5.88 Å². The fourth-order valence-electron chi connectivity index (χ4n) is 2.12. The van der Waals surface area contributed by atoms with Crippen LogP contribution >= 0.6 is 11.6 Å². The lowest BCUT2D eigenvalue weighted by Gasteiger charge is -2.10. The van der Waals surface area contributed by atoms with Gasteiger partial charge in [0.1, 0.15) is 17.8 Å². The Hall–Kier alpha value is -3.10. The minimum absolute atomic E-state index is 0.00724. The van der Waals surface area contributed by atoms with Gasteiger partial charge in [0.2, 0.25) is 5.75 Å². The molecular weight excluding hydrogens is 326 g/mol. The molecule has 2 aromatic carbocycles. The monoisotopic (exact) mass is 337 g/mol. The van der Waals surface area contributed by atoms with E-state index in [0.717, 1.165) is 11.1 Å². The third kappa shape index (κ3) is 3.14. The van der Waals surface area contributed by atoms with Crippen molar-refractivity contribution in [3.05, 3.63) is 64.9 Å². The Balaban J connectivity index is 1.97. The summed E-state index contributed by atoms with van der Waals surface area (Å²) in [7, 11) is 0. The zero-order valence-corrected chi connectivity index (χ0v) is 13.4. The van der Waals surface area contributed by atoms with Crippen LogP contribution in [0.1, 0.15) is 11.1 Å². The third-order valence-corrected chi connectivity index (χ3v) is 3.68. The van der Waals surface area contributed by atoms with Gasteiger partial charge in [-0.1, -0.05) is 41.4 Å². The summed E-state index contributed by atoms with van der Waals surface area (Å²) in [5, 5.41) is 19.5. The molecule has 0 bridgehead atoms. The molecule has 3 rings (SSSR count). The first-order valence-corrected chi connectivity index (χ1v) is 7.45. The Labute approximate surface area is 143 Å². The van der Waals surface area contributed by atoms with Crippen LogP contribution in [-0.4, -0.2) is 15.1 Å². The minimum atomic E-state index is -0.179. The number of nitrogens with zero attached hydrogens (tertiary/aromatic N) is 3. The molecule has 3 aromatic rings. The summed E-state index contributed by atoms with van der Waals surface area (Å²) >= 11 is 6.08. The SMILES string of the molecule is Cc1ccc(-c2ncnc(Oc3ccc(C#N)cc3Cl)c2O)cc1. The summed E-state index contributed by atoms with van der Waals surface area (Å²) in [6.07, 6.45) is 1.31. The molecule has 0 saturated heterocycles. The number of hydrogen-bond acceptors (Lipinski definition) is 5. The van der Waals surface area contributed by atoms with E-state index in [1.807, 2.05) is 37.3 Å². The molecular formula is C18H12ClN3O2. The maximum Gasteiger partial charge on any atom is 0.266 e. The van der Waals surface area contributed by atoms with Crippen LogP contribution < -0.4 is 4.74 Å². The molecule has 0 aliphatic rings. The second-order valence-electron chi connectivity index (χ2n) is 5.10. The van der Waals surface area contributed by atoms with Crippen molar-refractivity contribution in [2.75, 3.05) is 0 Å². The van der Waals surface area contributed by atoms with Crippen molar-refractivity contribution in [2.24, 2.45) is 0 Å². The molecule has 1 N–H and O–H groups in total. The summed E-state index contributed by atoms with van der Waals surface area (Å²) in [5.41, 5.74) is 2.63. The highest BCUT2D eigenvalue weighted by molar-refractivity contribution is 6.32. The zero-order chi connectivity index (χ0) is 17.1. The van der Waals surface area contributed by atoms with Gasteiger partial charge in [-0.25, -0.2) is 4.98 Å². The third-order valence-electron chi connectivity index (χ3n) is 3.38.